The molecule has 8 bridgehead atoms. The van der Waals surface area contributed by atoms with Crippen molar-refractivity contribution >= 4 is 23.9 Å². The summed E-state index contributed by atoms with van der Waals surface area (Å²) in [4.78, 5) is 45.5. The second-order valence-corrected chi connectivity index (χ2v) is 20.1. The van der Waals surface area contributed by atoms with E-state index < -0.39 is 145 Å². The van der Waals surface area contributed by atoms with E-state index in [9.17, 15) is 99.6 Å². The number of carboxylic acid groups (broad SMARTS) is 1. The van der Waals surface area contributed by atoms with E-state index in [1.165, 1.54) is 0 Å². The maximum atomic E-state index is 14.1. The number of H-pyrrole nitrogens is 1. The number of carbonyl (C=O) groups is 4. The van der Waals surface area contributed by atoms with E-state index in [-0.39, 0.29) is 49.9 Å². The maximum absolute atomic E-state index is 14.1. The van der Waals surface area contributed by atoms with Crippen molar-refractivity contribution in [2.75, 3.05) is 26.4 Å². The van der Waals surface area contributed by atoms with Gasteiger partial charge in [-0.3, -0.25) is 4.79 Å². The first-order valence-corrected chi connectivity index (χ1v) is 22.3. The van der Waals surface area contributed by atoms with Crippen LogP contribution in [0.4, 0.5) is 70.2 Å². The van der Waals surface area contributed by atoms with Crippen molar-refractivity contribution in [3.63, 3.8) is 0 Å². The van der Waals surface area contributed by atoms with E-state index in [1.54, 1.807) is 0 Å². The van der Waals surface area contributed by atoms with Crippen LogP contribution in [0.15, 0.2) is 30.6 Å². The van der Waals surface area contributed by atoms with Crippen LogP contribution in [0.25, 0.3) is 0 Å². The number of carboxylic acids is 1. The number of pyridine rings is 1. The monoisotopic (exact) mass is 1070 g/mol. The van der Waals surface area contributed by atoms with Crippen LogP contribution in [0.5, 0.6) is 0 Å². The predicted molar refractivity (Wildman–Crippen MR) is 198 cm³/mol. The lowest BCUT2D eigenvalue weighted by Gasteiger charge is -2.63. The number of hydrogen-bond donors (Lipinski definition) is 1. The molecule has 72 heavy (non-hydrogen) atoms. The molecular weight excluding hydrogens is 1030 g/mol. The molecule has 0 amide bonds. The first-order chi connectivity index (χ1) is 32.9. The number of alkyl halides is 16. The van der Waals surface area contributed by atoms with Gasteiger partial charge in [0.05, 0.1) is 12.0 Å². The molecule has 11 aliphatic rings. The Morgan fingerprint density at radius 3 is 1.36 bits per heavy atom. The summed E-state index contributed by atoms with van der Waals surface area (Å²) in [5.74, 6) is -51.8. The Balaban J connectivity index is 0.000000164. The van der Waals surface area contributed by atoms with Gasteiger partial charge in [-0.15, -0.1) is 0 Å². The largest absolute Gasteiger partial charge is 0.544 e. The van der Waals surface area contributed by atoms with Crippen molar-refractivity contribution in [3.05, 3.63) is 30.6 Å². The van der Waals surface area contributed by atoms with Gasteiger partial charge in [0.15, 0.2) is 24.0 Å². The van der Waals surface area contributed by atoms with E-state index in [0.29, 0.717) is 38.0 Å². The SMILES string of the molecule is O=C([O-])C(F)(F)CC(F)(F)C(=O)OC12CC3CC(C1)C1(OCC(F)(F)C(F)(F)CO1)C(C3)C2.O=C1CC(F)(F)C(F)(F)C(=O)O1.OC12CC3CC(C1)C1(OCC(F)(F)C(F)(F)CO1)C(C3)C2.c1cc[nH+]cc1. The molecular formula is C43H45F16NO12. The highest BCUT2D eigenvalue weighted by Gasteiger charge is 2.72. The molecule has 3 aliphatic heterocycles. The lowest BCUT2D eigenvalue weighted by molar-refractivity contribution is -0.378. The van der Waals surface area contributed by atoms with Crippen LogP contribution in [0.1, 0.15) is 77.0 Å². The van der Waals surface area contributed by atoms with Gasteiger partial charge in [-0.25, -0.2) is 14.6 Å². The van der Waals surface area contributed by atoms with Crippen LogP contribution in [0.3, 0.4) is 0 Å². The first kappa shape index (κ1) is 55.7. The zero-order chi connectivity index (χ0) is 53.6. The van der Waals surface area contributed by atoms with E-state index in [0.717, 1.165) is 0 Å². The molecule has 2 N–H and O–H groups in total. The van der Waals surface area contributed by atoms with Crippen LogP contribution in [0.2, 0.25) is 0 Å². The highest BCUT2D eigenvalue weighted by atomic mass is 19.3. The first-order valence-electron chi connectivity index (χ1n) is 22.3. The third-order valence-corrected chi connectivity index (χ3v) is 14.8. The molecule has 0 radical (unpaired) electrons. The van der Waals surface area contributed by atoms with Gasteiger partial charge < -0.3 is 43.4 Å². The average molecular weight is 1070 g/mol. The Morgan fingerprint density at radius 2 is 1.01 bits per heavy atom. The lowest BCUT2D eigenvalue weighted by Crippen LogP contribution is -2.67. The van der Waals surface area contributed by atoms with Gasteiger partial charge in [-0.05, 0) is 76.0 Å². The predicted octanol–water partition coefficient (Wildman–Crippen LogP) is 6.33. The van der Waals surface area contributed by atoms with Crippen LogP contribution in [-0.4, -0.2) is 126 Å². The summed E-state index contributed by atoms with van der Waals surface area (Å²) in [6.07, 6.45) is 2.26. The zero-order valence-electron chi connectivity index (χ0n) is 37.1. The molecule has 4 heterocycles. The Morgan fingerprint density at radius 1 is 0.611 bits per heavy atom. The van der Waals surface area contributed by atoms with Crippen molar-refractivity contribution in [1.29, 1.82) is 0 Å². The van der Waals surface area contributed by atoms with Gasteiger partial charge in [0.1, 0.15) is 44.4 Å². The molecule has 8 aliphatic carbocycles. The minimum absolute atomic E-state index is 0.0705. The third-order valence-electron chi connectivity index (χ3n) is 14.8. The second-order valence-electron chi connectivity index (χ2n) is 20.1. The molecule has 0 aromatic carbocycles. The van der Waals surface area contributed by atoms with Crippen molar-refractivity contribution in [3.8, 4) is 0 Å². The zero-order valence-corrected chi connectivity index (χ0v) is 37.1. The number of aliphatic hydroxyl groups is 1. The van der Waals surface area contributed by atoms with Gasteiger partial charge >= 0.3 is 59.4 Å². The fraction of sp³-hybridized carbons (Fsp3) is 0.791. The molecule has 1 aromatic rings. The number of ether oxygens (including phenoxy) is 6. The number of nitrogens with one attached hydrogen (secondary N) is 1. The number of cyclic esters (lactones) is 2. The van der Waals surface area contributed by atoms with Crippen LogP contribution < -0.4 is 10.1 Å². The topological polar surface area (TPSA) is 181 Å². The molecule has 4 atom stereocenters. The fourth-order valence-corrected chi connectivity index (χ4v) is 11.8. The molecule has 8 saturated carbocycles. The van der Waals surface area contributed by atoms with Crippen LogP contribution in [0, 0.1) is 35.5 Å². The van der Waals surface area contributed by atoms with Crippen molar-refractivity contribution in [2.24, 2.45) is 35.5 Å². The van der Waals surface area contributed by atoms with Gasteiger partial charge in [0, 0.05) is 35.8 Å². The molecule has 4 unspecified atom stereocenters. The van der Waals surface area contributed by atoms with Crippen molar-refractivity contribution < 1.29 is 133 Å². The highest BCUT2D eigenvalue weighted by molar-refractivity contribution is 5.94. The minimum atomic E-state index is -4.99. The number of aromatic amines is 1. The van der Waals surface area contributed by atoms with E-state index in [1.807, 2.05) is 30.6 Å². The number of hydrogen-bond acceptors (Lipinski definition) is 12. The summed E-state index contributed by atoms with van der Waals surface area (Å²) in [5, 5.41) is 20.8. The number of carbonyl (C=O) groups excluding carboxylic acids is 4. The summed E-state index contributed by atoms with van der Waals surface area (Å²) in [6, 6.07) is 5.86. The average Bonchev–Trinajstić information content (AvgIpc) is 3.40. The molecule has 406 valence electrons. The Bertz CT molecular complexity index is 2120. The molecule has 12 rings (SSSR count). The van der Waals surface area contributed by atoms with Gasteiger partial charge in [-0.2, -0.15) is 70.2 Å². The standard InChI is InChI=1S/C19H20F8O6.C14H18F4O3.C5H2F4O3.C5H5N/c20-15(21,12(28)29)6-16(22,23)13(30)33-14-3-9-1-10(4-14)19(11(2-9)5-14)31-7-17(24,25)18(26,27)8-32-19;15-12(16)6-20-14(21-7-13(12,17)18)9-1-8-2-10(14)5-11(19,3-8)4-9;6-4(7)1-2(10)12-3(11)5(4,8)9;1-2-4-6-5-3-1/h9-11H,1-8H2,(H,28,29);8-10,19H,1-7H2;1H2;1-5H. The van der Waals surface area contributed by atoms with E-state index in [4.69, 9.17) is 23.7 Å². The number of halogens is 16. The van der Waals surface area contributed by atoms with Crippen molar-refractivity contribution in [1.82, 2.24) is 0 Å². The summed E-state index contributed by atoms with van der Waals surface area (Å²) in [7, 11) is 0. The van der Waals surface area contributed by atoms with Gasteiger partial charge in [-0.1, -0.05) is 6.07 Å². The maximum Gasteiger partial charge on any atom is 0.405 e. The normalized spacial score (nSPS) is 36.2. The smallest absolute Gasteiger partial charge is 0.405 e. The quantitative estimate of drug-likeness (QED) is 0.197. The van der Waals surface area contributed by atoms with Gasteiger partial charge in [0.2, 0.25) is 0 Å². The van der Waals surface area contributed by atoms with Crippen LogP contribution in [-0.2, 0) is 47.6 Å². The van der Waals surface area contributed by atoms with Gasteiger partial charge in [0.25, 0.3) is 5.92 Å². The molecule has 3 saturated heterocycles. The third kappa shape index (κ3) is 10.2. The fourth-order valence-electron chi connectivity index (χ4n) is 11.8. The number of aliphatic carboxylic acids is 1. The Kier molecular flexibility index (Phi) is 14.2. The Hall–Kier alpha value is -4.09. The summed E-state index contributed by atoms with van der Waals surface area (Å²) in [5.41, 5.74) is -2.39. The highest BCUT2D eigenvalue weighted by Crippen LogP contribution is 2.65. The minimum Gasteiger partial charge on any atom is -0.544 e. The molecule has 11 fully saturated rings. The molecule has 2 spiro atoms. The summed E-state index contributed by atoms with van der Waals surface area (Å²) in [6.45, 7) is -5.89. The summed E-state index contributed by atoms with van der Waals surface area (Å²) < 4.78 is 242. The second kappa shape index (κ2) is 18.3. The van der Waals surface area contributed by atoms with Crippen LogP contribution >= 0.6 is 0 Å². The van der Waals surface area contributed by atoms with Crippen molar-refractivity contribution in [2.45, 2.75) is 147 Å². The lowest BCUT2D eigenvalue weighted by atomic mass is 9.51. The number of esters is 3. The Labute approximate surface area is 396 Å². The molecule has 1 aromatic heterocycles. The van der Waals surface area contributed by atoms with E-state index in [2.05, 4.69) is 9.72 Å². The molecule has 13 nitrogen and oxygen atoms in total. The summed E-state index contributed by atoms with van der Waals surface area (Å²) >= 11 is 0. The number of aromatic nitrogens is 1. The number of rotatable bonds is 5. The molecule has 29 heteroatoms. The van der Waals surface area contributed by atoms with E-state index >= 15 is 0 Å².